The monoisotopic (exact) mass is 1350 g/mol. The molecular formula is C84H164NO8P. The first-order chi connectivity index (χ1) is 46.3. The highest BCUT2D eigenvalue weighted by molar-refractivity contribution is 7.47. The number of allylic oxidation sites excluding steroid dienone is 4. The second kappa shape index (κ2) is 80.5. The molecule has 0 aromatic heterocycles. The second-order valence-corrected chi connectivity index (χ2v) is 30.5. The van der Waals surface area contributed by atoms with E-state index in [0.29, 0.717) is 6.42 Å². The van der Waals surface area contributed by atoms with Crippen molar-refractivity contribution in [1.29, 1.82) is 0 Å². The molecule has 0 bridgehead atoms. The number of hydrogen-bond donors (Lipinski definition) is 2. The number of rotatable bonds is 82. The van der Waals surface area contributed by atoms with Crippen molar-refractivity contribution in [2.24, 2.45) is 5.73 Å². The van der Waals surface area contributed by atoms with Crippen LogP contribution in [0, 0.1) is 0 Å². The van der Waals surface area contributed by atoms with Crippen molar-refractivity contribution in [1.82, 2.24) is 0 Å². The van der Waals surface area contributed by atoms with E-state index >= 15 is 0 Å². The lowest BCUT2D eigenvalue weighted by molar-refractivity contribution is -0.161. The Balaban J connectivity index is 3.70. The van der Waals surface area contributed by atoms with Gasteiger partial charge in [0.2, 0.25) is 0 Å². The van der Waals surface area contributed by atoms with Gasteiger partial charge in [0, 0.05) is 19.4 Å². The third kappa shape index (κ3) is 79.5. The van der Waals surface area contributed by atoms with E-state index in [4.69, 9.17) is 24.3 Å². The third-order valence-corrected chi connectivity index (χ3v) is 20.6. The van der Waals surface area contributed by atoms with Crippen LogP contribution in [0.2, 0.25) is 0 Å². The summed E-state index contributed by atoms with van der Waals surface area (Å²) in [4.78, 5) is 35.5. The van der Waals surface area contributed by atoms with E-state index in [1.54, 1.807) is 0 Å². The van der Waals surface area contributed by atoms with E-state index < -0.39 is 26.5 Å². The van der Waals surface area contributed by atoms with Gasteiger partial charge in [-0.15, -0.1) is 0 Å². The molecule has 2 atom stereocenters. The Bertz CT molecular complexity index is 1590. The lowest BCUT2D eigenvalue weighted by Gasteiger charge is -2.19. The number of ether oxygens (including phenoxy) is 2. The molecule has 558 valence electrons. The number of hydrogen-bond acceptors (Lipinski definition) is 8. The average molecular weight is 1350 g/mol. The standard InChI is InChI=1S/C84H164NO8P/c1-3-5-7-9-11-13-15-17-19-21-23-25-27-29-31-33-35-37-38-39-40-41-42-43-45-46-48-50-52-54-56-58-60-62-64-66-68-70-72-74-76-83(86)90-80-82(81-92-94(88,89)91-79-78-85)93-84(87)77-75-73-71-69-67-65-63-61-59-57-55-53-51-49-47-44-36-34-32-30-28-26-24-22-20-18-16-14-12-10-8-6-4-2/h16,18,22,24,82H,3-15,17,19-21,23,25-81,85H2,1-2H3,(H,88,89)/b18-16-,24-22-. The summed E-state index contributed by atoms with van der Waals surface area (Å²) in [6.45, 7) is 3.83. The summed E-state index contributed by atoms with van der Waals surface area (Å²) >= 11 is 0. The predicted octanol–water partition coefficient (Wildman–Crippen LogP) is 28.4. The Labute approximate surface area is 586 Å². The molecule has 0 saturated carbocycles. The van der Waals surface area contributed by atoms with E-state index in [1.807, 2.05) is 0 Å². The van der Waals surface area contributed by atoms with Gasteiger partial charge in [0.15, 0.2) is 6.10 Å². The van der Waals surface area contributed by atoms with Crippen molar-refractivity contribution in [3.05, 3.63) is 24.3 Å². The highest BCUT2D eigenvalue weighted by atomic mass is 31.2. The van der Waals surface area contributed by atoms with Crippen molar-refractivity contribution < 1.29 is 37.6 Å². The van der Waals surface area contributed by atoms with Crippen LogP contribution >= 0.6 is 7.82 Å². The molecule has 0 saturated heterocycles. The lowest BCUT2D eigenvalue weighted by atomic mass is 10.0. The first-order valence-corrected chi connectivity index (χ1v) is 43.8. The summed E-state index contributed by atoms with van der Waals surface area (Å²) in [7, 11) is -4.39. The third-order valence-electron chi connectivity index (χ3n) is 19.6. The molecule has 94 heavy (non-hydrogen) atoms. The smallest absolute Gasteiger partial charge is 0.462 e. The minimum absolute atomic E-state index is 0.0574. The summed E-state index contributed by atoms with van der Waals surface area (Å²) < 4.78 is 33.3. The zero-order valence-electron chi connectivity index (χ0n) is 63.2. The van der Waals surface area contributed by atoms with Crippen LogP contribution in [-0.4, -0.2) is 49.3 Å². The number of phosphoric ester groups is 1. The Morgan fingerprint density at radius 2 is 0.553 bits per heavy atom. The number of carbonyl (C=O) groups excluding carboxylic acids is 2. The summed E-state index contributed by atoms with van der Waals surface area (Å²) in [5.74, 6) is -0.797. The summed E-state index contributed by atoms with van der Waals surface area (Å²) in [6.07, 6.45) is 102. The van der Waals surface area contributed by atoms with Gasteiger partial charge in [0.1, 0.15) is 6.61 Å². The summed E-state index contributed by atoms with van der Waals surface area (Å²) in [6, 6.07) is 0. The molecule has 0 aromatic carbocycles. The minimum atomic E-state index is -4.39. The zero-order chi connectivity index (χ0) is 67.9. The molecule has 0 fully saturated rings. The number of carbonyl (C=O) groups is 2. The van der Waals surface area contributed by atoms with Gasteiger partial charge in [-0.1, -0.05) is 436 Å². The molecule has 2 unspecified atom stereocenters. The molecule has 0 aliphatic heterocycles. The lowest BCUT2D eigenvalue weighted by Crippen LogP contribution is -2.29. The molecule has 9 nitrogen and oxygen atoms in total. The molecule has 0 radical (unpaired) electrons. The average Bonchev–Trinajstić information content (AvgIpc) is 3.51. The first-order valence-electron chi connectivity index (χ1n) is 42.3. The Hall–Kier alpha value is -1.51. The van der Waals surface area contributed by atoms with Crippen LogP contribution in [0.25, 0.3) is 0 Å². The van der Waals surface area contributed by atoms with Gasteiger partial charge in [-0.2, -0.15) is 0 Å². The predicted molar refractivity (Wildman–Crippen MR) is 409 cm³/mol. The van der Waals surface area contributed by atoms with Crippen LogP contribution in [0.5, 0.6) is 0 Å². The van der Waals surface area contributed by atoms with Crippen LogP contribution in [0.15, 0.2) is 24.3 Å². The van der Waals surface area contributed by atoms with Crippen LogP contribution < -0.4 is 5.73 Å². The SMILES string of the molecule is CCCCCCC/C=C\C/C=C\CCCCCCCCCCCCCCCCCCCCCCCC(=O)OC(COC(=O)CCCCCCCCCCCCCCCCCCCCCCCCCCCCCCCCCCCCCCCCCC)COP(=O)(O)OCCN. The minimum Gasteiger partial charge on any atom is -0.462 e. The van der Waals surface area contributed by atoms with Crippen LogP contribution in [-0.2, 0) is 32.7 Å². The maximum Gasteiger partial charge on any atom is 0.472 e. The number of phosphoric acid groups is 1. The van der Waals surface area contributed by atoms with Crippen LogP contribution in [0.4, 0.5) is 0 Å². The molecule has 0 amide bonds. The Morgan fingerprint density at radius 1 is 0.319 bits per heavy atom. The molecule has 0 rings (SSSR count). The highest BCUT2D eigenvalue weighted by Crippen LogP contribution is 2.43. The van der Waals surface area contributed by atoms with Crippen molar-refractivity contribution in [3.8, 4) is 0 Å². The number of esters is 2. The molecule has 10 heteroatoms. The van der Waals surface area contributed by atoms with E-state index in [9.17, 15) is 19.0 Å². The Morgan fingerprint density at radius 3 is 0.809 bits per heavy atom. The molecule has 0 aliphatic rings. The van der Waals surface area contributed by atoms with Gasteiger partial charge < -0.3 is 20.1 Å². The molecule has 0 heterocycles. The van der Waals surface area contributed by atoms with E-state index in [0.717, 1.165) is 38.5 Å². The summed E-state index contributed by atoms with van der Waals surface area (Å²) in [5.41, 5.74) is 5.42. The van der Waals surface area contributed by atoms with Crippen molar-refractivity contribution in [2.75, 3.05) is 26.4 Å². The van der Waals surface area contributed by atoms with E-state index in [1.165, 1.54) is 398 Å². The molecule has 0 aliphatic carbocycles. The van der Waals surface area contributed by atoms with Gasteiger partial charge in [0.25, 0.3) is 0 Å². The molecule has 3 N–H and O–H groups in total. The molecule has 0 aromatic rings. The number of unbranched alkanes of at least 4 members (excludes halogenated alkanes) is 65. The summed E-state index contributed by atoms with van der Waals surface area (Å²) in [5, 5.41) is 0. The second-order valence-electron chi connectivity index (χ2n) is 29.1. The zero-order valence-corrected chi connectivity index (χ0v) is 64.1. The van der Waals surface area contributed by atoms with Gasteiger partial charge in [0.05, 0.1) is 13.2 Å². The van der Waals surface area contributed by atoms with Gasteiger partial charge in [-0.25, -0.2) is 4.57 Å². The van der Waals surface area contributed by atoms with Gasteiger partial charge in [-0.05, 0) is 44.9 Å². The number of nitrogens with two attached hydrogens (primary N) is 1. The normalized spacial score (nSPS) is 12.9. The highest BCUT2D eigenvalue weighted by Gasteiger charge is 2.26. The molecular weight excluding hydrogens is 1180 g/mol. The van der Waals surface area contributed by atoms with Crippen molar-refractivity contribution >= 4 is 19.8 Å². The topological polar surface area (TPSA) is 134 Å². The van der Waals surface area contributed by atoms with Gasteiger partial charge >= 0.3 is 19.8 Å². The quantitative estimate of drug-likeness (QED) is 0.0264. The van der Waals surface area contributed by atoms with Crippen molar-refractivity contribution in [2.45, 2.75) is 476 Å². The fourth-order valence-electron chi connectivity index (χ4n) is 13.3. The van der Waals surface area contributed by atoms with E-state index in [2.05, 4.69) is 38.2 Å². The first kappa shape index (κ1) is 92.5. The van der Waals surface area contributed by atoms with Crippen LogP contribution in [0.3, 0.4) is 0 Å². The fraction of sp³-hybridized carbons (Fsp3) is 0.929. The largest absolute Gasteiger partial charge is 0.472 e. The Kier molecular flexibility index (Phi) is 79.2. The maximum atomic E-state index is 12.8. The van der Waals surface area contributed by atoms with Gasteiger partial charge in [-0.3, -0.25) is 18.6 Å². The van der Waals surface area contributed by atoms with E-state index in [-0.39, 0.29) is 38.6 Å². The molecule has 0 spiro atoms. The van der Waals surface area contributed by atoms with Crippen LogP contribution in [0.1, 0.15) is 470 Å². The maximum absolute atomic E-state index is 12.8. The fourth-order valence-corrected chi connectivity index (χ4v) is 14.1. The van der Waals surface area contributed by atoms with Crippen molar-refractivity contribution in [3.63, 3.8) is 0 Å².